The molecule has 0 amide bonds. The zero-order valence-electron chi connectivity index (χ0n) is 10.4. The largest absolute Gasteiger partial charge is 0.394 e. The van der Waals surface area contributed by atoms with E-state index < -0.39 is 29.8 Å². The second kappa shape index (κ2) is 6.54. The van der Waals surface area contributed by atoms with E-state index >= 15 is 0 Å². The molecule has 1 heterocycles. The summed E-state index contributed by atoms with van der Waals surface area (Å²) in [5.41, 5.74) is 5.34. The van der Waals surface area contributed by atoms with Crippen LogP contribution in [0.5, 0.6) is 0 Å². The summed E-state index contributed by atoms with van der Waals surface area (Å²) in [6.45, 7) is -0.274. The van der Waals surface area contributed by atoms with Gasteiger partial charge in [-0.2, -0.15) is 0 Å². The highest BCUT2D eigenvalue weighted by atomic mass is 32.2. The molecular weight excluding hydrogens is 254 g/mol. The van der Waals surface area contributed by atoms with Gasteiger partial charge in [-0.05, 0) is 12.8 Å². The van der Waals surface area contributed by atoms with Gasteiger partial charge in [-0.1, -0.05) is 19.3 Å². The maximum absolute atomic E-state index is 10.0. The lowest BCUT2D eigenvalue weighted by Crippen LogP contribution is -2.61. The van der Waals surface area contributed by atoms with E-state index in [9.17, 15) is 10.2 Å². The van der Waals surface area contributed by atoms with E-state index in [0.717, 1.165) is 12.8 Å². The lowest BCUT2D eigenvalue weighted by Gasteiger charge is -2.41. The van der Waals surface area contributed by atoms with E-state index in [1.165, 1.54) is 19.3 Å². The number of ether oxygens (including phenoxy) is 1. The predicted molar refractivity (Wildman–Crippen MR) is 70.2 cm³/mol. The fourth-order valence-corrected chi connectivity index (χ4v) is 4.15. The Bertz CT molecular complexity index is 260. The Hall–Kier alpha value is 0.150. The molecule has 0 spiro atoms. The van der Waals surface area contributed by atoms with E-state index in [4.69, 9.17) is 15.6 Å². The van der Waals surface area contributed by atoms with Crippen molar-refractivity contribution in [2.45, 2.75) is 67.1 Å². The van der Waals surface area contributed by atoms with Crippen LogP contribution in [-0.4, -0.2) is 57.0 Å². The van der Waals surface area contributed by atoms with Crippen molar-refractivity contribution in [3.05, 3.63) is 0 Å². The first kappa shape index (κ1) is 14.6. The van der Waals surface area contributed by atoms with Crippen molar-refractivity contribution in [3.8, 4) is 0 Å². The molecule has 1 saturated carbocycles. The number of rotatable bonds is 3. The number of hydrogen-bond acceptors (Lipinski definition) is 6. The van der Waals surface area contributed by atoms with Gasteiger partial charge in [0.05, 0.1) is 12.6 Å². The van der Waals surface area contributed by atoms with Gasteiger partial charge in [0.25, 0.3) is 0 Å². The Morgan fingerprint density at radius 2 is 1.78 bits per heavy atom. The van der Waals surface area contributed by atoms with Crippen molar-refractivity contribution in [3.63, 3.8) is 0 Å². The SMILES string of the molecule is NC1C(O)C(CO)OC(SC2CCCCC2)C1O. The zero-order valence-corrected chi connectivity index (χ0v) is 11.3. The summed E-state index contributed by atoms with van der Waals surface area (Å²) in [6, 6.07) is -0.753. The molecule has 2 fully saturated rings. The normalized spacial score (nSPS) is 43.0. The van der Waals surface area contributed by atoms with Crippen LogP contribution < -0.4 is 5.73 Å². The first-order valence-corrected chi connectivity index (χ1v) is 7.61. The summed E-state index contributed by atoms with van der Waals surface area (Å²) in [6.07, 6.45) is 3.42. The maximum atomic E-state index is 10.0. The topological polar surface area (TPSA) is 95.9 Å². The van der Waals surface area contributed by atoms with Crippen molar-refractivity contribution in [1.29, 1.82) is 0 Å². The predicted octanol–water partition coefficient (Wildman–Crippen LogP) is -0.181. The van der Waals surface area contributed by atoms with Gasteiger partial charge >= 0.3 is 0 Å². The summed E-state index contributed by atoms with van der Waals surface area (Å²) in [4.78, 5) is 0. The van der Waals surface area contributed by atoms with Crippen molar-refractivity contribution in [1.82, 2.24) is 0 Å². The number of aliphatic hydroxyl groups is 3. The van der Waals surface area contributed by atoms with Crippen LogP contribution in [0.1, 0.15) is 32.1 Å². The van der Waals surface area contributed by atoms with Crippen molar-refractivity contribution in [2.24, 2.45) is 5.73 Å². The molecule has 2 aliphatic rings. The van der Waals surface area contributed by atoms with Crippen molar-refractivity contribution >= 4 is 11.8 Å². The van der Waals surface area contributed by atoms with Gasteiger partial charge in [0.2, 0.25) is 0 Å². The van der Waals surface area contributed by atoms with Crippen LogP contribution in [0.2, 0.25) is 0 Å². The second-order valence-corrected chi connectivity index (χ2v) is 6.58. The highest BCUT2D eigenvalue weighted by molar-refractivity contribution is 8.00. The Morgan fingerprint density at radius 1 is 1.11 bits per heavy atom. The molecule has 6 heteroatoms. The van der Waals surface area contributed by atoms with Gasteiger partial charge in [-0.25, -0.2) is 0 Å². The molecule has 106 valence electrons. The van der Waals surface area contributed by atoms with Crippen molar-refractivity contribution in [2.75, 3.05) is 6.61 Å². The molecular formula is C12H23NO4S. The molecule has 5 N–H and O–H groups in total. The van der Waals surface area contributed by atoms with Crippen LogP contribution in [0, 0.1) is 0 Å². The molecule has 1 saturated heterocycles. The number of thioether (sulfide) groups is 1. The highest BCUT2D eigenvalue weighted by Crippen LogP contribution is 2.36. The fourth-order valence-electron chi connectivity index (χ4n) is 2.62. The number of nitrogens with two attached hydrogens (primary N) is 1. The Kier molecular flexibility index (Phi) is 5.29. The molecule has 5 nitrogen and oxygen atoms in total. The summed E-state index contributed by atoms with van der Waals surface area (Å²) in [5.74, 6) is 0. The molecule has 1 aliphatic carbocycles. The average Bonchev–Trinajstić information content (AvgIpc) is 2.40. The van der Waals surface area contributed by atoms with E-state index in [0.29, 0.717) is 5.25 Å². The molecule has 5 unspecified atom stereocenters. The average molecular weight is 277 g/mol. The molecule has 18 heavy (non-hydrogen) atoms. The van der Waals surface area contributed by atoms with E-state index in [-0.39, 0.29) is 6.61 Å². The van der Waals surface area contributed by atoms with E-state index in [1.807, 2.05) is 0 Å². The molecule has 2 rings (SSSR count). The summed E-state index contributed by atoms with van der Waals surface area (Å²) < 4.78 is 5.57. The summed E-state index contributed by atoms with van der Waals surface area (Å²) in [7, 11) is 0. The third-order valence-electron chi connectivity index (χ3n) is 3.82. The monoisotopic (exact) mass is 277 g/mol. The van der Waals surface area contributed by atoms with Gasteiger partial charge < -0.3 is 25.8 Å². The third-order valence-corrected chi connectivity index (χ3v) is 5.33. The van der Waals surface area contributed by atoms with Crippen LogP contribution in [0.15, 0.2) is 0 Å². The van der Waals surface area contributed by atoms with Gasteiger partial charge in [0.1, 0.15) is 23.7 Å². The molecule has 0 bridgehead atoms. The standard InChI is InChI=1S/C12H23NO4S/c13-9-10(15)8(6-14)17-12(11(9)16)18-7-4-2-1-3-5-7/h7-12,14-16H,1-6,13H2. The molecule has 0 radical (unpaired) electrons. The van der Waals surface area contributed by atoms with Crippen molar-refractivity contribution < 1.29 is 20.1 Å². The first-order chi connectivity index (χ1) is 8.63. The fraction of sp³-hybridized carbons (Fsp3) is 1.00. The van der Waals surface area contributed by atoms with Gasteiger partial charge in [-0.3, -0.25) is 0 Å². The lowest BCUT2D eigenvalue weighted by molar-refractivity contribution is -0.160. The molecule has 0 aromatic heterocycles. The van der Waals surface area contributed by atoms with Gasteiger partial charge in [0, 0.05) is 5.25 Å². The number of aliphatic hydroxyl groups excluding tert-OH is 3. The van der Waals surface area contributed by atoms with E-state index in [2.05, 4.69) is 0 Å². The quantitative estimate of drug-likeness (QED) is 0.571. The third kappa shape index (κ3) is 3.18. The number of hydrogen-bond donors (Lipinski definition) is 4. The van der Waals surface area contributed by atoms with Gasteiger partial charge in [0.15, 0.2) is 0 Å². The highest BCUT2D eigenvalue weighted by Gasteiger charge is 2.43. The minimum atomic E-state index is -1.01. The minimum Gasteiger partial charge on any atom is -0.394 e. The zero-order chi connectivity index (χ0) is 13.1. The van der Waals surface area contributed by atoms with Crippen LogP contribution in [0.3, 0.4) is 0 Å². The van der Waals surface area contributed by atoms with Crippen LogP contribution >= 0.6 is 11.8 Å². The minimum absolute atomic E-state index is 0.274. The molecule has 1 aliphatic heterocycles. The summed E-state index contributed by atoms with van der Waals surface area (Å²) in [5, 5.41) is 29.4. The Labute approximate surface area is 112 Å². The lowest BCUT2D eigenvalue weighted by atomic mass is 9.98. The van der Waals surface area contributed by atoms with E-state index in [1.54, 1.807) is 11.8 Å². The smallest absolute Gasteiger partial charge is 0.131 e. The first-order valence-electron chi connectivity index (χ1n) is 6.67. The van der Waals surface area contributed by atoms with Crippen LogP contribution in [0.25, 0.3) is 0 Å². The van der Waals surface area contributed by atoms with Gasteiger partial charge in [-0.15, -0.1) is 11.8 Å². The second-order valence-electron chi connectivity index (χ2n) is 5.18. The molecule has 0 aromatic rings. The Balaban J connectivity index is 1.93. The summed E-state index contributed by atoms with van der Waals surface area (Å²) >= 11 is 1.60. The molecule has 5 atom stereocenters. The molecule has 0 aromatic carbocycles. The maximum Gasteiger partial charge on any atom is 0.131 e. The Morgan fingerprint density at radius 3 is 2.39 bits per heavy atom. The van der Waals surface area contributed by atoms with Crippen LogP contribution in [-0.2, 0) is 4.74 Å². The van der Waals surface area contributed by atoms with Crippen LogP contribution in [0.4, 0.5) is 0 Å².